The van der Waals surface area contributed by atoms with Crippen molar-refractivity contribution in [2.45, 2.75) is 26.8 Å². The lowest BCUT2D eigenvalue weighted by Gasteiger charge is -2.20. The number of anilines is 1. The molecule has 10 heteroatoms. The van der Waals surface area contributed by atoms with Gasteiger partial charge in [-0.15, -0.1) is 0 Å². The monoisotopic (exact) mass is 540 g/mol. The molecule has 0 bridgehead atoms. The summed E-state index contributed by atoms with van der Waals surface area (Å²) >= 11 is 5.92. The number of carboxylic acids is 1. The number of rotatable bonds is 6. The van der Waals surface area contributed by atoms with Crippen LogP contribution in [0.1, 0.15) is 40.3 Å². The first kappa shape index (κ1) is 26.0. The van der Waals surface area contributed by atoms with Gasteiger partial charge in [-0.05, 0) is 50.6 Å². The second kappa shape index (κ2) is 10.3. The van der Waals surface area contributed by atoms with Gasteiger partial charge in [-0.25, -0.2) is 24.7 Å². The van der Waals surface area contributed by atoms with Crippen LogP contribution in [0.15, 0.2) is 65.6 Å². The number of aryl methyl sites for hydroxylation is 2. The number of hydrogen-bond acceptors (Lipinski definition) is 7. The van der Waals surface area contributed by atoms with E-state index in [4.69, 9.17) is 16.6 Å². The maximum atomic E-state index is 13.5. The Labute approximate surface area is 229 Å². The molecule has 9 nitrogen and oxygen atoms in total. The maximum absolute atomic E-state index is 13.5. The number of carboxylic acid groups (broad SMARTS) is 1. The number of aromatic nitrogens is 5. The van der Waals surface area contributed by atoms with Crippen molar-refractivity contribution in [3.63, 3.8) is 0 Å². The van der Waals surface area contributed by atoms with Crippen molar-refractivity contribution in [2.24, 2.45) is 7.05 Å². The number of pyridine rings is 1. The molecule has 3 aromatic heterocycles. The van der Waals surface area contributed by atoms with Gasteiger partial charge in [-0.3, -0.25) is 9.36 Å². The predicted molar refractivity (Wildman–Crippen MR) is 151 cm³/mol. The number of hydrogen-bond donors (Lipinski definition) is 2. The Morgan fingerprint density at radius 2 is 1.72 bits per heavy atom. The number of carbonyl (C=O) groups is 1. The number of aromatic carboxylic acids is 1. The van der Waals surface area contributed by atoms with Gasteiger partial charge in [0.2, 0.25) is 0 Å². The average molecular weight is 541 g/mol. The largest absolute Gasteiger partial charge is 0.476 e. The fourth-order valence-electron chi connectivity index (χ4n) is 4.52. The Morgan fingerprint density at radius 3 is 2.41 bits per heavy atom. The summed E-state index contributed by atoms with van der Waals surface area (Å²) in [6, 6.07) is 15.9. The van der Waals surface area contributed by atoms with E-state index in [1.807, 2.05) is 63.2 Å². The van der Waals surface area contributed by atoms with Gasteiger partial charge in [0.05, 0.1) is 22.6 Å². The fraction of sp³-hybridized carbons (Fsp3) is 0.172. The van der Waals surface area contributed by atoms with Gasteiger partial charge >= 0.3 is 5.97 Å². The average Bonchev–Trinajstić information content (AvgIpc) is 2.91. The van der Waals surface area contributed by atoms with Crippen LogP contribution < -0.4 is 10.9 Å². The van der Waals surface area contributed by atoms with E-state index in [1.165, 1.54) is 10.6 Å². The number of halogens is 1. The minimum Gasteiger partial charge on any atom is -0.476 e. The lowest BCUT2D eigenvalue weighted by molar-refractivity contribution is 0.0691. The van der Waals surface area contributed by atoms with Gasteiger partial charge < -0.3 is 10.4 Å². The Hall–Kier alpha value is -4.63. The minimum atomic E-state index is -1.20. The summed E-state index contributed by atoms with van der Waals surface area (Å²) in [5.41, 5.74) is 4.59. The highest BCUT2D eigenvalue weighted by molar-refractivity contribution is 6.29. The molecular formula is C29H25ClN6O3. The first-order valence-corrected chi connectivity index (χ1v) is 12.6. The second-order valence-electron chi connectivity index (χ2n) is 9.35. The molecular weight excluding hydrogens is 516 g/mol. The van der Waals surface area contributed by atoms with Crippen LogP contribution in [0.5, 0.6) is 0 Å². The van der Waals surface area contributed by atoms with Gasteiger partial charge in [-0.2, -0.15) is 0 Å². The number of nitrogens with zero attached hydrogens (tertiary/aromatic N) is 5. The summed E-state index contributed by atoms with van der Waals surface area (Å²) in [4.78, 5) is 42.9. The molecule has 196 valence electrons. The van der Waals surface area contributed by atoms with E-state index in [0.717, 1.165) is 27.9 Å². The standard InChI is InChI=1S/C29H25ClN6O3/c1-15-13-20(17(3)33-22-9-10-23(30)34-25(22)29(38)39)24-21(14-15)28(37)36(4)27(35-24)19-7-5-18(6-8-19)26-31-12-11-16(2)32-26/h5-14,17,33H,1-4H3,(H,38,39)/t17-/m1/s1. The normalized spacial score (nSPS) is 11.9. The van der Waals surface area contributed by atoms with E-state index in [1.54, 1.807) is 19.3 Å². The van der Waals surface area contributed by atoms with Crippen LogP contribution in [0.4, 0.5) is 5.69 Å². The van der Waals surface area contributed by atoms with Crippen molar-refractivity contribution in [3.05, 3.63) is 98.8 Å². The van der Waals surface area contributed by atoms with Crippen molar-refractivity contribution in [1.82, 2.24) is 24.5 Å². The summed E-state index contributed by atoms with van der Waals surface area (Å²) in [6.07, 6.45) is 1.72. The molecule has 0 aliphatic carbocycles. The molecule has 1 atom stereocenters. The summed E-state index contributed by atoms with van der Waals surface area (Å²) in [7, 11) is 1.70. The number of benzene rings is 2. The third kappa shape index (κ3) is 5.08. The van der Waals surface area contributed by atoms with Gasteiger partial charge in [0, 0.05) is 35.6 Å². The van der Waals surface area contributed by atoms with Crippen LogP contribution >= 0.6 is 11.6 Å². The SMILES string of the molecule is Cc1cc([C@@H](C)Nc2ccc(Cl)nc2C(=O)O)c2nc(-c3ccc(-c4nccc(C)n4)cc3)n(C)c(=O)c2c1. The highest BCUT2D eigenvalue weighted by Gasteiger charge is 2.20. The Balaban J connectivity index is 1.60. The highest BCUT2D eigenvalue weighted by atomic mass is 35.5. The highest BCUT2D eigenvalue weighted by Crippen LogP contribution is 2.30. The molecule has 5 rings (SSSR count). The van der Waals surface area contributed by atoms with E-state index in [9.17, 15) is 14.7 Å². The molecule has 0 spiro atoms. The maximum Gasteiger partial charge on any atom is 0.356 e. The molecule has 0 fully saturated rings. The van der Waals surface area contributed by atoms with Gasteiger partial charge in [-0.1, -0.05) is 41.9 Å². The van der Waals surface area contributed by atoms with Crippen LogP contribution in [0.25, 0.3) is 33.7 Å². The molecule has 0 saturated carbocycles. The summed E-state index contributed by atoms with van der Waals surface area (Å²) in [6.45, 7) is 5.70. The topological polar surface area (TPSA) is 123 Å². The van der Waals surface area contributed by atoms with Gasteiger partial charge in [0.1, 0.15) is 11.0 Å². The zero-order chi connectivity index (χ0) is 27.8. The van der Waals surface area contributed by atoms with Gasteiger partial charge in [0.15, 0.2) is 11.5 Å². The smallest absolute Gasteiger partial charge is 0.356 e. The lowest BCUT2D eigenvalue weighted by Crippen LogP contribution is -2.22. The molecule has 0 aliphatic rings. The molecule has 2 aromatic carbocycles. The van der Waals surface area contributed by atoms with Crippen molar-refractivity contribution in [1.29, 1.82) is 0 Å². The first-order chi connectivity index (χ1) is 18.6. The zero-order valence-corrected chi connectivity index (χ0v) is 22.5. The second-order valence-corrected chi connectivity index (χ2v) is 9.74. The van der Waals surface area contributed by atoms with Crippen molar-refractivity contribution < 1.29 is 9.90 Å². The Morgan fingerprint density at radius 1 is 1.00 bits per heavy atom. The molecule has 3 heterocycles. The van der Waals surface area contributed by atoms with Crippen LogP contribution in [0.3, 0.4) is 0 Å². The van der Waals surface area contributed by atoms with Crippen LogP contribution in [0, 0.1) is 13.8 Å². The van der Waals surface area contributed by atoms with E-state index < -0.39 is 12.0 Å². The quantitative estimate of drug-likeness (QED) is 0.267. The molecule has 0 unspecified atom stereocenters. The zero-order valence-electron chi connectivity index (χ0n) is 21.7. The van der Waals surface area contributed by atoms with Crippen LogP contribution in [0.2, 0.25) is 5.15 Å². The van der Waals surface area contributed by atoms with E-state index in [-0.39, 0.29) is 16.4 Å². The molecule has 5 aromatic rings. The van der Waals surface area contributed by atoms with E-state index in [2.05, 4.69) is 20.3 Å². The number of nitrogens with one attached hydrogen (secondary N) is 1. The third-order valence-corrected chi connectivity index (χ3v) is 6.66. The van der Waals surface area contributed by atoms with Crippen molar-refractivity contribution in [2.75, 3.05) is 5.32 Å². The fourth-order valence-corrected chi connectivity index (χ4v) is 4.67. The first-order valence-electron chi connectivity index (χ1n) is 12.2. The lowest BCUT2D eigenvalue weighted by atomic mass is 10.0. The van der Waals surface area contributed by atoms with E-state index >= 15 is 0 Å². The molecule has 0 aliphatic heterocycles. The number of fused-ring (bicyclic) bond motifs is 1. The van der Waals surface area contributed by atoms with Crippen molar-refractivity contribution in [3.8, 4) is 22.8 Å². The molecule has 39 heavy (non-hydrogen) atoms. The molecule has 0 saturated heterocycles. The van der Waals surface area contributed by atoms with Crippen LogP contribution in [-0.2, 0) is 7.05 Å². The van der Waals surface area contributed by atoms with Crippen molar-refractivity contribution >= 4 is 34.2 Å². The molecule has 0 radical (unpaired) electrons. The summed E-state index contributed by atoms with van der Waals surface area (Å²) in [5, 5.41) is 13.4. The third-order valence-electron chi connectivity index (χ3n) is 6.45. The van der Waals surface area contributed by atoms with Gasteiger partial charge in [0.25, 0.3) is 5.56 Å². The molecule has 2 N–H and O–H groups in total. The van der Waals surface area contributed by atoms with E-state index in [0.29, 0.717) is 28.2 Å². The Bertz CT molecular complexity index is 1800. The predicted octanol–water partition coefficient (Wildman–Crippen LogP) is 5.59. The summed E-state index contributed by atoms with van der Waals surface area (Å²) < 4.78 is 1.54. The Kier molecular flexibility index (Phi) is 6.84. The van der Waals surface area contributed by atoms with Crippen LogP contribution in [-0.4, -0.2) is 35.6 Å². The summed E-state index contributed by atoms with van der Waals surface area (Å²) in [5.74, 6) is -0.0759. The minimum absolute atomic E-state index is 0.0846. The molecule has 0 amide bonds.